The molecule has 3 rings (SSSR count). The van der Waals surface area contributed by atoms with E-state index in [1.807, 2.05) is 12.1 Å². The molecule has 6 heteroatoms. The minimum absolute atomic E-state index is 0.0708. The summed E-state index contributed by atoms with van der Waals surface area (Å²) in [6.45, 7) is 1.01. The minimum Gasteiger partial charge on any atom is -0.394 e. The lowest BCUT2D eigenvalue weighted by atomic mass is 10.2. The maximum Gasteiger partial charge on any atom is 0.270 e. The second kappa shape index (κ2) is 5.05. The quantitative estimate of drug-likeness (QED) is 0.684. The van der Waals surface area contributed by atoms with Gasteiger partial charge in [0.05, 0.1) is 23.1 Å². The third kappa shape index (κ3) is 2.18. The molecule has 0 amide bonds. The largest absolute Gasteiger partial charge is 0.394 e. The van der Waals surface area contributed by atoms with Gasteiger partial charge in [-0.1, -0.05) is 0 Å². The van der Waals surface area contributed by atoms with Gasteiger partial charge in [-0.25, -0.2) is 4.98 Å². The molecule has 1 aromatic carbocycles. The Kier molecular flexibility index (Phi) is 3.23. The van der Waals surface area contributed by atoms with Crippen molar-refractivity contribution in [3.63, 3.8) is 0 Å². The summed E-state index contributed by atoms with van der Waals surface area (Å²) in [5, 5.41) is 20.9. The van der Waals surface area contributed by atoms with Gasteiger partial charge in [0.25, 0.3) is 5.69 Å². The van der Waals surface area contributed by atoms with Gasteiger partial charge >= 0.3 is 0 Å². The molecule has 0 saturated carbocycles. The van der Waals surface area contributed by atoms with Crippen LogP contribution < -0.4 is 4.90 Å². The second-order valence-corrected chi connectivity index (χ2v) is 4.98. The number of rotatable bonds is 3. The lowest BCUT2D eigenvalue weighted by Gasteiger charge is -2.24. The third-order valence-corrected chi connectivity index (χ3v) is 3.75. The molecule has 2 aromatic rings. The van der Waals surface area contributed by atoms with E-state index >= 15 is 0 Å². The zero-order chi connectivity index (χ0) is 14.1. The second-order valence-electron chi connectivity index (χ2n) is 4.98. The Morgan fingerprint density at radius 3 is 3.00 bits per heavy atom. The highest BCUT2D eigenvalue weighted by atomic mass is 16.6. The zero-order valence-corrected chi connectivity index (χ0v) is 10.9. The number of hydrogen-bond acceptors (Lipinski definition) is 5. The standard InChI is InChI=1S/C14H15N3O3/c18-9-12-2-1-7-16(12)14-6-3-10-8-11(17(19)20)4-5-13(10)15-14/h3-6,8,12,18H,1-2,7,9H2/t12-/m0/s1. The van der Waals surface area contributed by atoms with Gasteiger partial charge in [0.15, 0.2) is 0 Å². The number of nitrogens with zero attached hydrogens (tertiary/aromatic N) is 3. The van der Waals surface area contributed by atoms with Crippen molar-refractivity contribution in [2.24, 2.45) is 0 Å². The van der Waals surface area contributed by atoms with E-state index in [0.29, 0.717) is 0 Å². The minimum atomic E-state index is -0.407. The summed E-state index contributed by atoms with van der Waals surface area (Å²) >= 11 is 0. The summed E-state index contributed by atoms with van der Waals surface area (Å²) in [6, 6.07) is 8.49. The van der Waals surface area contributed by atoms with Crippen molar-refractivity contribution >= 4 is 22.4 Å². The van der Waals surface area contributed by atoms with Gasteiger partial charge in [-0.2, -0.15) is 0 Å². The smallest absolute Gasteiger partial charge is 0.270 e. The van der Waals surface area contributed by atoms with E-state index in [9.17, 15) is 15.2 Å². The van der Waals surface area contributed by atoms with Crippen LogP contribution in [-0.4, -0.2) is 34.2 Å². The van der Waals surface area contributed by atoms with E-state index in [2.05, 4.69) is 9.88 Å². The Balaban J connectivity index is 1.99. The van der Waals surface area contributed by atoms with Crippen LogP contribution in [-0.2, 0) is 0 Å². The number of benzene rings is 1. The van der Waals surface area contributed by atoms with Crippen LogP contribution in [0.4, 0.5) is 11.5 Å². The Morgan fingerprint density at radius 1 is 1.40 bits per heavy atom. The van der Waals surface area contributed by atoms with E-state index < -0.39 is 4.92 Å². The molecule has 1 aromatic heterocycles. The highest BCUT2D eigenvalue weighted by Gasteiger charge is 2.24. The van der Waals surface area contributed by atoms with E-state index in [-0.39, 0.29) is 18.3 Å². The molecule has 1 N–H and O–H groups in total. The number of pyridine rings is 1. The lowest BCUT2D eigenvalue weighted by Crippen LogP contribution is -2.32. The molecule has 1 saturated heterocycles. The summed E-state index contributed by atoms with van der Waals surface area (Å²) in [6.07, 6.45) is 2.02. The monoisotopic (exact) mass is 273 g/mol. The molecule has 0 bridgehead atoms. The Bertz CT molecular complexity index is 659. The van der Waals surface area contributed by atoms with Gasteiger partial charge in [-0.05, 0) is 31.0 Å². The van der Waals surface area contributed by atoms with Gasteiger partial charge in [-0.15, -0.1) is 0 Å². The maximum atomic E-state index is 10.8. The molecular formula is C14H15N3O3. The lowest BCUT2D eigenvalue weighted by molar-refractivity contribution is -0.384. The van der Waals surface area contributed by atoms with Crippen LogP contribution in [0.3, 0.4) is 0 Å². The van der Waals surface area contributed by atoms with Gasteiger partial charge in [0.2, 0.25) is 0 Å². The van der Waals surface area contributed by atoms with Crippen LogP contribution in [0.5, 0.6) is 0 Å². The molecule has 0 radical (unpaired) electrons. The molecule has 1 atom stereocenters. The highest BCUT2D eigenvalue weighted by molar-refractivity contribution is 5.82. The van der Waals surface area contributed by atoms with E-state index in [4.69, 9.17) is 0 Å². The summed E-state index contributed by atoms with van der Waals surface area (Å²) in [5.74, 6) is 0.822. The molecule has 1 aliphatic heterocycles. The molecule has 6 nitrogen and oxygen atoms in total. The average Bonchev–Trinajstić information content (AvgIpc) is 2.94. The van der Waals surface area contributed by atoms with Crippen LogP contribution in [0.25, 0.3) is 10.9 Å². The zero-order valence-electron chi connectivity index (χ0n) is 10.9. The number of anilines is 1. The summed E-state index contributed by atoms with van der Waals surface area (Å²) < 4.78 is 0. The normalized spacial score (nSPS) is 18.6. The van der Waals surface area contributed by atoms with E-state index in [0.717, 1.165) is 36.1 Å². The number of non-ortho nitro benzene ring substituents is 1. The molecule has 0 spiro atoms. The van der Waals surface area contributed by atoms with Crippen molar-refractivity contribution in [1.82, 2.24) is 4.98 Å². The fourth-order valence-electron chi connectivity index (χ4n) is 2.70. The first-order valence-corrected chi connectivity index (χ1v) is 6.62. The van der Waals surface area contributed by atoms with Crippen molar-refractivity contribution in [1.29, 1.82) is 0 Å². The highest BCUT2D eigenvalue weighted by Crippen LogP contribution is 2.27. The first kappa shape index (κ1) is 12.8. The van der Waals surface area contributed by atoms with Crippen molar-refractivity contribution in [3.8, 4) is 0 Å². The number of nitro benzene ring substituents is 1. The maximum absolute atomic E-state index is 10.8. The fourth-order valence-corrected chi connectivity index (χ4v) is 2.70. The van der Waals surface area contributed by atoms with Crippen molar-refractivity contribution in [2.45, 2.75) is 18.9 Å². The van der Waals surface area contributed by atoms with Gasteiger partial charge in [0.1, 0.15) is 5.82 Å². The number of aliphatic hydroxyl groups excluding tert-OH is 1. The van der Waals surface area contributed by atoms with E-state index in [1.165, 1.54) is 12.1 Å². The Morgan fingerprint density at radius 2 is 2.25 bits per heavy atom. The summed E-state index contributed by atoms with van der Waals surface area (Å²) in [4.78, 5) is 17.0. The SMILES string of the molecule is O=[N+]([O-])c1ccc2nc(N3CCC[C@H]3CO)ccc2c1. The molecule has 1 fully saturated rings. The predicted molar refractivity (Wildman–Crippen MR) is 75.9 cm³/mol. The predicted octanol–water partition coefficient (Wildman–Crippen LogP) is 2.10. The first-order chi connectivity index (χ1) is 9.69. The molecule has 2 heterocycles. The third-order valence-electron chi connectivity index (χ3n) is 3.75. The number of aromatic nitrogens is 1. The first-order valence-electron chi connectivity index (χ1n) is 6.62. The topological polar surface area (TPSA) is 79.5 Å². The van der Waals surface area contributed by atoms with Crippen LogP contribution in [0, 0.1) is 10.1 Å². The van der Waals surface area contributed by atoms with Gasteiger partial charge < -0.3 is 10.0 Å². The Hall–Kier alpha value is -2.21. The summed E-state index contributed by atoms with van der Waals surface area (Å²) in [5.41, 5.74) is 0.804. The van der Waals surface area contributed by atoms with Crippen LogP contribution >= 0.6 is 0 Å². The summed E-state index contributed by atoms with van der Waals surface area (Å²) in [7, 11) is 0. The van der Waals surface area contributed by atoms with Crippen LogP contribution in [0.2, 0.25) is 0 Å². The van der Waals surface area contributed by atoms with E-state index in [1.54, 1.807) is 6.07 Å². The number of nitro groups is 1. The van der Waals surface area contributed by atoms with Crippen molar-refractivity contribution < 1.29 is 10.0 Å². The van der Waals surface area contributed by atoms with Crippen molar-refractivity contribution in [2.75, 3.05) is 18.1 Å². The molecular weight excluding hydrogens is 258 g/mol. The molecule has 0 unspecified atom stereocenters. The van der Waals surface area contributed by atoms with Crippen LogP contribution in [0.15, 0.2) is 30.3 Å². The average molecular weight is 273 g/mol. The molecule has 1 aliphatic rings. The van der Waals surface area contributed by atoms with Gasteiger partial charge in [-0.3, -0.25) is 10.1 Å². The van der Waals surface area contributed by atoms with Crippen LogP contribution in [0.1, 0.15) is 12.8 Å². The number of fused-ring (bicyclic) bond motifs is 1. The number of aliphatic hydroxyl groups is 1. The molecule has 0 aliphatic carbocycles. The van der Waals surface area contributed by atoms with Crippen molar-refractivity contribution in [3.05, 3.63) is 40.4 Å². The molecule has 104 valence electrons. The molecule has 20 heavy (non-hydrogen) atoms. The fraction of sp³-hybridized carbons (Fsp3) is 0.357. The Labute approximate surface area is 115 Å². The number of hydrogen-bond donors (Lipinski definition) is 1. The van der Waals surface area contributed by atoms with Gasteiger partial charge in [0, 0.05) is 24.1 Å².